The van der Waals surface area contributed by atoms with E-state index in [1.165, 1.54) is 0 Å². The largest absolute Gasteiger partial charge is 0.302 e. The van der Waals surface area contributed by atoms with Gasteiger partial charge in [0.05, 0.1) is 6.54 Å². The van der Waals surface area contributed by atoms with E-state index in [0.717, 1.165) is 6.29 Å². The Morgan fingerprint density at radius 2 is 1.33 bits per heavy atom. The molecule has 0 fully saturated rings. The van der Waals surface area contributed by atoms with Crippen LogP contribution in [0.3, 0.4) is 0 Å². The van der Waals surface area contributed by atoms with Crippen molar-refractivity contribution >= 4 is 6.29 Å². The summed E-state index contributed by atoms with van der Waals surface area (Å²) in [5, 5.41) is 0. The van der Waals surface area contributed by atoms with Crippen molar-refractivity contribution in [3.63, 3.8) is 0 Å². The second-order valence-electron chi connectivity index (χ2n) is 5.12. The summed E-state index contributed by atoms with van der Waals surface area (Å²) < 4.78 is 0. The molecule has 12 heavy (non-hydrogen) atoms. The van der Waals surface area contributed by atoms with Gasteiger partial charge in [0.1, 0.15) is 6.29 Å². The molecule has 0 aliphatic rings. The maximum Gasteiger partial charge on any atom is 0.134 e. The first-order valence-electron chi connectivity index (χ1n) is 4.41. The molecule has 0 unspecified atom stereocenters. The smallest absolute Gasteiger partial charge is 0.134 e. The van der Waals surface area contributed by atoms with Crippen LogP contribution in [0.15, 0.2) is 0 Å². The Balaban J connectivity index is 4.56. The highest BCUT2D eigenvalue weighted by Gasteiger charge is 2.30. The van der Waals surface area contributed by atoms with Crippen LogP contribution >= 0.6 is 0 Å². The minimum atomic E-state index is 0.0547. The molecule has 0 atom stereocenters. The minimum absolute atomic E-state index is 0.0547. The lowest BCUT2D eigenvalue weighted by atomic mass is 9.96. The Morgan fingerprint density at radius 1 is 1.00 bits per heavy atom. The molecular formula is C10H21NO. The average Bonchev–Trinajstić information content (AvgIpc) is 1.77. The van der Waals surface area contributed by atoms with E-state index in [1.54, 1.807) is 0 Å². The molecule has 0 rings (SSSR count). The van der Waals surface area contributed by atoms with Gasteiger partial charge in [-0.3, -0.25) is 4.90 Å². The number of carbonyl (C=O) groups excluding carboxylic acids is 1. The van der Waals surface area contributed by atoms with Gasteiger partial charge in [-0.1, -0.05) is 0 Å². The SMILES string of the molecule is CC(C)(C)N(CC=O)C(C)(C)C. The van der Waals surface area contributed by atoms with Gasteiger partial charge in [0.2, 0.25) is 0 Å². The first-order valence-corrected chi connectivity index (χ1v) is 4.41. The van der Waals surface area contributed by atoms with Gasteiger partial charge >= 0.3 is 0 Å². The molecule has 0 aliphatic carbocycles. The van der Waals surface area contributed by atoms with Crippen LogP contribution in [0, 0.1) is 0 Å². The van der Waals surface area contributed by atoms with E-state index in [1.807, 2.05) is 0 Å². The first kappa shape index (κ1) is 11.6. The lowest BCUT2D eigenvalue weighted by molar-refractivity contribution is -0.112. The van der Waals surface area contributed by atoms with Crippen LogP contribution in [0.25, 0.3) is 0 Å². The van der Waals surface area contributed by atoms with Crippen LogP contribution < -0.4 is 0 Å². The van der Waals surface area contributed by atoms with Gasteiger partial charge in [0, 0.05) is 11.1 Å². The van der Waals surface area contributed by atoms with E-state index in [4.69, 9.17) is 0 Å². The summed E-state index contributed by atoms with van der Waals surface area (Å²) in [6, 6.07) is 0. The van der Waals surface area contributed by atoms with Crippen molar-refractivity contribution < 1.29 is 4.79 Å². The molecule has 0 amide bonds. The van der Waals surface area contributed by atoms with Crippen LogP contribution in [-0.2, 0) is 4.79 Å². The van der Waals surface area contributed by atoms with Gasteiger partial charge in [-0.05, 0) is 41.5 Å². The number of nitrogens with zero attached hydrogens (tertiary/aromatic N) is 1. The second-order valence-corrected chi connectivity index (χ2v) is 5.12. The zero-order valence-electron chi connectivity index (χ0n) is 9.14. The summed E-state index contributed by atoms with van der Waals surface area (Å²) in [5.41, 5.74) is 0.109. The standard InChI is InChI=1S/C10H21NO/c1-9(2,3)11(7-8-12)10(4,5)6/h8H,7H2,1-6H3. The van der Waals surface area contributed by atoms with Crippen LogP contribution in [0.2, 0.25) is 0 Å². The molecule has 2 heteroatoms. The summed E-state index contributed by atoms with van der Waals surface area (Å²) in [5.74, 6) is 0. The number of carbonyl (C=O) groups is 1. The molecule has 72 valence electrons. The topological polar surface area (TPSA) is 20.3 Å². The number of rotatable bonds is 2. The molecule has 0 spiro atoms. The van der Waals surface area contributed by atoms with Crippen LogP contribution in [-0.4, -0.2) is 28.8 Å². The zero-order valence-corrected chi connectivity index (χ0v) is 9.14. The highest BCUT2D eigenvalue weighted by Crippen LogP contribution is 2.23. The van der Waals surface area contributed by atoms with Crippen LogP contribution in [0.1, 0.15) is 41.5 Å². The quantitative estimate of drug-likeness (QED) is 0.593. The molecule has 0 aromatic heterocycles. The van der Waals surface area contributed by atoms with Gasteiger partial charge in [0.25, 0.3) is 0 Å². The predicted molar refractivity (Wildman–Crippen MR) is 52.3 cm³/mol. The van der Waals surface area contributed by atoms with E-state index in [9.17, 15) is 4.79 Å². The van der Waals surface area contributed by atoms with Crippen molar-refractivity contribution in [3.05, 3.63) is 0 Å². The molecule has 2 nitrogen and oxygen atoms in total. The molecule has 0 bridgehead atoms. The number of hydrogen-bond acceptors (Lipinski definition) is 2. The molecule has 0 saturated carbocycles. The third-order valence-electron chi connectivity index (χ3n) is 1.88. The number of aldehydes is 1. The zero-order chi connectivity index (χ0) is 9.99. The van der Waals surface area contributed by atoms with Crippen LogP contribution in [0.5, 0.6) is 0 Å². The third-order valence-corrected chi connectivity index (χ3v) is 1.88. The van der Waals surface area contributed by atoms with Gasteiger partial charge in [-0.15, -0.1) is 0 Å². The van der Waals surface area contributed by atoms with E-state index < -0.39 is 0 Å². The van der Waals surface area contributed by atoms with Gasteiger partial charge in [0.15, 0.2) is 0 Å². The third kappa shape index (κ3) is 3.35. The fraction of sp³-hybridized carbons (Fsp3) is 0.900. The van der Waals surface area contributed by atoms with Crippen molar-refractivity contribution in [2.75, 3.05) is 6.54 Å². The summed E-state index contributed by atoms with van der Waals surface area (Å²) in [7, 11) is 0. The maximum absolute atomic E-state index is 10.5. The number of hydrogen-bond donors (Lipinski definition) is 0. The molecule has 0 N–H and O–H groups in total. The monoisotopic (exact) mass is 171 g/mol. The highest BCUT2D eigenvalue weighted by molar-refractivity contribution is 5.52. The highest BCUT2D eigenvalue weighted by atomic mass is 16.1. The van der Waals surface area contributed by atoms with E-state index in [0.29, 0.717) is 6.54 Å². The predicted octanol–water partition coefficient (Wildman–Crippen LogP) is 2.08. The maximum atomic E-state index is 10.5. The Bertz CT molecular complexity index is 136. The Kier molecular flexibility index (Phi) is 3.45. The van der Waals surface area contributed by atoms with Gasteiger partial charge in [-0.25, -0.2) is 0 Å². The molecule has 0 heterocycles. The molecule has 0 aromatic rings. The summed E-state index contributed by atoms with van der Waals surface area (Å²) in [6.45, 7) is 13.3. The molecular weight excluding hydrogens is 150 g/mol. The normalized spacial score (nSPS) is 13.6. The Hall–Kier alpha value is -0.370. The summed E-state index contributed by atoms with van der Waals surface area (Å²) in [4.78, 5) is 12.7. The molecule has 0 aromatic carbocycles. The van der Waals surface area contributed by atoms with Crippen LogP contribution in [0.4, 0.5) is 0 Å². The van der Waals surface area contributed by atoms with Gasteiger partial charge < -0.3 is 4.79 Å². The van der Waals surface area contributed by atoms with E-state index >= 15 is 0 Å². The van der Waals surface area contributed by atoms with Crippen molar-refractivity contribution in [1.82, 2.24) is 4.90 Å². The minimum Gasteiger partial charge on any atom is -0.302 e. The first-order chi connectivity index (χ1) is 5.19. The fourth-order valence-electron chi connectivity index (χ4n) is 1.63. The fourth-order valence-corrected chi connectivity index (χ4v) is 1.63. The molecule has 0 saturated heterocycles. The average molecular weight is 171 g/mol. The summed E-state index contributed by atoms with van der Waals surface area (Å²) in [6.07, 6.45) is 0.969. The molecule has 0 aliphatic heterocycles. The lowest BCUT2D eigenvalue weighted by Gasteiger charge is -2.44. The van der Waals surface area contributed by atoms with Crippen molar-refractivity contribution in [2.24, 2.45) is 0 Å². The van der Waals surface area contributed by atoms with Crippen molar-refractivity contribution in [3.8, 4) is 0 Å². The van der Waals surface area contributed by atoms with Crippen molar-refractivity contribution in [1.29, 1.82) is 0 Å². The van der Waals surface area contributed by atoms with E-state index in [-0.39, 0.29) is 11.1 Å². The lowest BCUT2D eigenvalue weighted by Crippen LogP contribution is -2.53. The summed E-state index contributed by atoms with van der Waals surface area (Å²) >= 11 is 0. The Labute approximate surface area is 75.9 Å². The second kappa shape index (κ2) is 3.56. The van der Waals surface area contributed by atoms with E-state index in [2.05, 4.69) is 46.4 Å². The van der Waals surface area contributed by atoms with Gasteiger partial charge in [-0.2, -0.15) is 0 Å². The molecule has 0 radical (unpaired) electrons. The van der Waals surface area contributed by atoms with Crippen molar-refractivity contribution in [2.45, 2.75) is 52.6 Å². The Morgan fingerprint density at radius 3 is 1.42 bits per heavy atom.